The predicted octanol–water partition coefficient (Wildman–Crippen LogP) is 2.70. The van der Waals surface area contributed by atoms with Gasteiger partial charge in [-0.05, 0) is 30.1 Å². The normalized spacial score (nSPS) is 25.2. The third kappa shape index (κ3) is 2.36. The van der Waals surface area contributed by atoms with Crippen LogP contribution in [0.5, 0.6) is 0 Å². The molecule has 0 bridgehead atoms. The number of oxime groups is 1. The number of rotatable bonds is 3. The molecule has 18 heavy (non-hydrogen) atoms. The molecule has 1 aliphatic carbocycles. The molecular formula is C15H17NO2. The van der Waals surface area contributed by atoms with Gasteiger partial charge in [-0.3, -0.25) is 0 Å². The Hall–Kier alpha value is -1.87. The van der Waals surface area contributed by atoms with Gasteiger partial charge in [0.15, 0.2) is 0 Å². The maximum Gasteiger partial charge on any atom is 0.128 e. The van der Waals surface area contributed by atoms with Gasteiger partial charge in [-0.25, -0.2) is 0 Å². The van der Waals surface area contributed by atoms with Crippen LogP contribution in [0.4, 0.5) is 0 Å². The molecule has 0 fully saturated rings. The summed E-state index contributed by atoms with van der Waals surface area (Å²) in [5.41, 5.74) is 1.15. The molecule has 1 aliphatic rings. The Bertz CT molecular complexity index is 502. The molecule has 94 valence electrons. The molecular weight excluding hydrogens is 226 g/mol. The maximum absolute atomic E-state index is 10.4. The Labute approximate surface area is 107 Å². The minimum Gasteiger partial charge on any atom is -0.411 e. The fraction of sp³-hybridized carbons (Fsp3) is 0.267. The van der Waals surface area contributed by atoms with Crippen molar-refractivity contribution in [3.8, 4) is 0 Å². The molecule has 1 atom stereocenters. The zero-order valence-corrected chi connectivity index (χ0v) is 10.4. The molecule has 3 heteroatoms. The van der Waals surface area contributed by atoms with Crippen LogP contribution in [0.2, 0.25) is 0 Å². The average molecular weight is 243 g/mol. The van der Waals surface area contributed by atoms with E-state index in [0.717, 1.165) is 11.1 Å². The summed E-state index contributed by atoms with van der Waals surface area (Å²) in [6, 6.07) is 9.92. The molecule has 2 N–H and O–H groups in total. The summed E-state index contributed by atoms with van der Waals surface area (Å²) in [6.45, 7) is 1.86. The van der Waals surface area contributed by atoms with Crippen molar-refractivity contribution in [3.63, 3.8) is 0 Å². The van der Waals surface area contributed by atoms with Crippen LogP contribution >= 0.6 is 0 Å². The lowest BCUT2D eigenvalue weighted by molar-refractivity contribution is 0.152. The van der Waals surface area contributed by atoms with Gasteiger partial charge in [-0.1, -0.05) is 54.6 Å². The zero-order chi connectivity index (χ0) is 13.0. The molecule has 0 aromatic heterocycles. The summed E-state index contributed by atoms with van der Waals surface area (Å²) in [6.07, 6.45) is 6.49. The van der Waals surface area contributed by atoms with Gasteiger partial charge in [0.2, 0.25) is 0 Å². The van der Waals surface area contributed by atoms with Gasteiger partial charge in [0.05, 0.1) is 0 Å². The third-order valence-corrected chi connectivity index (χ3v) is 3.26. The van der Waals surface area contributed by atoms with E-state index in [2.05, 4.69) is 5.16 Å². The number of benzene rings is 1. The topological polar surface area (TPSA) is 52.8 Å². The van der Waals surface area contributed by atoms with E-state index in [1.54, 1.807) is 6.08 Å². The first-order valence-corrected chi connectivity index (χ1v) is 6.07. The summed E-state index contributed by atoms with van der Waals surface area (Å²) < 4.78 is 0. The lowest BCUT2D eigenvalue weighted by Gasteiger charge is -2.28. The molecule has 1 aromatic carbocycles. The van der Waals surface area contributed by atoms with Crippen molar-refractivity contribution in [3.05, 3.63) is 59.7 Å². The summed E-state index contributed by atoms with van der Waals surface area (Å²) in [7, 11) is 0. The smallest absolute Gasteiger partial charge is 0.128 e. The fourth-order valence-corrected chi connectivity index (χ4v) is 2.15. The summed E-state index contributed by atoms with van der Waals surface area (Å²) >= 11 is 0. The molecule has 0 saturated carbocycles. The van der Waals surface area contributed by atoms with Crippen molar-refractivity contribution in [2.24, 2.45) is 5.16 Å². The first-order chi connectivity index (χ1) is 8.69. The monoisotopic (exact) mass is 243 g/mol. The Morgan fingerprint density at radius 2 is 1.94 bits per heavy atom. The number of allylic oxidation sites excluding steroid dienone is 2. The molecule has 1 aromatic rings. The highest BCUT2D eigenvalue weighted by Gasteiger charge is 2.33. The van der Waals surface area contributed by atoms with Gasteiger partial charge in [0.1, 0.15) is 11.3 Å². The van der Waals surface area contributed by atoms with Crippen LogP contribution < -0.4 is 0 Å². The van der Waals surface area contributed by atoms with E-state index in [1.165, 1.54) is 0 Å². The highest BCUT2D eigenvalue weighted by Crippen LogP contribution is 2.26. The molecule has 2 rings (SSSR count). The lowest BCUT2D eigenvalue weighted by Crippen LogP contribution is -2.39. The van der Waals surface area contributed by atoms with E-state index in [9.17, 15) is 5.11 Å². The van der Waals surface area contributed by atoms with Crippen LogP contribution in [0.1, 0.15) is 18.9 Å². The number of hydrogen-bond acceptors (Lipinski definition) is 3. The first-order valence-electron chi connectivity index (χ1n) is 6.07. The van der Waals surface area contributed by atoms with Gasteiger partial charge in [0.25, 0.3) is 0 Å². The number of aliphatic hydroxyl groups is 1. The van der Waals surface area contributed by atoms with E-state index in [-0.39, 0.29) is 0 Å². The van der Waals surface area contributed by atoms with E-state index >= 15 is 0 Å². The molecule has 1 unspecified atom stereocenters. The Morgan fingerprint density at radius 1 is 1.22 bits per heavy atom. The van der Waals surface area contributed by atoms with Gasteiger partial charge < -0.3 is 10.3 Å². The molecule has 0 spiro atoms. The number of hydrogen-bond donors (Lipinski definition) is 2. The van der Waals surface area contributed by atoms with Crippen LogP contribution in [0.15, 0.2) is 59.3 Å². The highest BCUT2D eigenvalue weighted by molar-refractivity contribution is 6.08. The van der Waals surface area contributed by atoms with Gasteiger partial charge in [-0.2, -0.15) is 0 Å². The second-order valence-corrected chi connectivity index (χ2v) is 4.44. The lowest BCUT2D eigenvalue weighted by atomic mass is 9.83. The average Bonchev–Trinajstić information content (AvgIpc) is 2.40. The zero-order valence-electron chi connectivity index (χ0n) is 10.4. The first kappa shape index (κ1) is 12.6. The minimum atomic E-state index is -1.16. The van der Waals surface area contributed by atoms with Crippen molar-refractivity contribution >= 4 is 5.71 Å². The van der Waals surface area contributed by atoms with Crippen molar-refractivity contribution in [2.45, 2.75) is 25.4 Å². The van der Waals surface area contributed by atoms with Crippen molar-refractivity contribution < 1.29 is 10.3 Å². The Kier molecular flexibility index (Phi) is 3.63. The second-order valence-electron chi connectivity index (χ2n) is 4.44. The summed E-state index contributed by atoms with van der Waals surface area (Å²) in [4.78, 5) is 0. The van der Waals surface area contributed by atoms with Crippen LogP contribution in [-0.4, -0.2) is 21.6 Å². The largest absolute Gasteiger partial charge is 0.411 e. The van der Waals surface area contributed by atoms with Gasteiger partial charge in [0, 0.05) is 0 Å². The highest BCUT2D eigenvalue weighted by atomic mass is 16.4. The predicted molar refractivity (Wildman–Crippen MR) is 71.8 cm³/mol. The Morgan fingerprint density at radius 3 is 2.56 bits per heavy atom. The van der Waals surface area contributed by atoms with Crippen LogP contribution in [0.25, 0.3) is 0 Å². The standard InChI is InChI=1S/C15H17NO2/c1-2-15(17)10-6-9-13(14(15)16-18)11-12-7-4-3-5-8-12/h3-10,17-18H,2,11H2,1H3. The van der Waals surface area contributed by atoms with E-state index in [1.807, 2.05) is 49.4 Å². The van der Waals surface area contributed by atoms with Crippen molar-refractivity contribution in [2.75, 3.05) is 0 Å². The van der Waals surface area contributed by atoms with Crippen LogP contribution in [0.3, 0.4) is 0 Å². The number of nitrogens with zero attached hydrogens (tertiary/aromatic N) is 1. The SMILES string of the molecule is CCC1(O)C=CC=C(Cc2ccccc2)C1=NO. The Balaban J connectivity index is 2.28. The van der Waals surface area contributed by atoms with Crippen LogP contribution in [-0.2, 0) is 6.42 Å². The van der Waals surface area contributed by atoms with E-state index < -0.39 is 5.60 Å². The molecule has 0 aliphatic heterocycles. The summed E-state index contributed by atoms with van der Waals surface area (Å²) in [5.74, 6) is 0. The van der Waals surface area contributed by atoms with Gasteiger partial charge >= 0.3 is 0 Å². The molecule has 3 nitrogen and oxygen atoms in total. The molecule has 0 heterocycles. The van der Waals surface area contributed by atoms with Gasteiger partial charge in [-0.15, -0.1) is 0 Å². The maximum atomic E-state index is 10.4. The van der Waals surface area contributed by atoms with Crippen molar-refractivity contribution in [1.82, 2.24) is 0 Å². The third-order valence-electron chi connectivity index (χ3n) is 3.26. The van der Waals surface area contributed by atoms with E-state index in [0.29, 0.717) is 18.6 Å². The van der Waals surface area contributed by atoms with Crippen molar-refractivity contribution in [1.29, 1.82) is 0 Å². The molecule has 0 radical (unpaired) electrons. The summed E-state index contributed by atoms with van der Waals surface area (Å²) in [5, 5.41) is 22.8. The second kappa shape index (κ2) is 5.19. The molecule has 0 amide bonds. The quantitative estimate of drug-likeness (QED) is 0.633. The van der Waals surface area contributed by atoms with E-state index in [4.69, 9.17) is 5.21 Å². The van der Waals surface area contributed by atoms with Crippen LogP contribution in [0, 0.1) is 0 Å². The molecule has 0 saturated heterocycles. The minimum absolute atomic E-state index is 0.344. The fourth-order valence-electron chi connectivity index (χ4n) is 2.15.